The lowest BCUT2D eigenvalue weighted by Gasteiger charge is -2.50. The molecule has 2 aliphatic carbocycles. The summed E-state index contributed by atoms with van der Waals surface area (Å²) in [7, 11) is 0. The molecule has 17 nitrogen and oxygen atoms in total. The van der Waals surface area contributed by atoms with E-state index in [1.165, 1.54) is 0 Å². The van der Waals surface area contributed by atoms with Gasteiger partial charge in [0.05, 0.1) is 42.0 Å². The summed E-state index contributed by atoms with van der Waals surface area (Å²) < 4.78 is 5.97. The second-order valence-electron chi connectivity index (χ2n) is 13.5. The zero-order valence-electron chi connectivity index (χ0n) is 29.1. The maximum Gasteiger partial charge on any atom is 0.322 e. The van der Waals surface area contributed by atoms with Crippen molar-refractivity contribution in [3.8, 4) is 0 Å². The first-order chi connectivity index (χ1) is 23.9. The molecule has 0 aromatic rings. The second-order valence-corrected chi connectivity index (χ2v) is 14.7. The van der Waals surface area contributed by atoms with Crippen LogP contribution in [0.1, 0.15) is 72.1 Å². The molecule has 0 aliphatic heterocycles. The number of rotatable bonds is 21. The van der Waals surface area contributed by atoms with Crippen LogP contribution in [0.2, 0.25) is 0 Å². The van der Waals surface area contributed by atoms with Gasteiger partial charge >= 0.3 is 23.9 Å². The summed E-state index contributed by atoms with van der Waals surface area (Å²) >= 11 is 1.06. The second kappa shape index (κ2) is 20.7. The minimum Gasteiger partial charge on any atom is -0.481 e. The number of thioether (sulfide) groups is 1. The van der Waals surface area contributed by atoms with Crippen LogP contribution in [0.15, 0.2) is 11.6 Å². The Bertz CT molecular complexity index is 1270. The number of carbonyl (C=O) groups is 6. The Kier molecular flexibility index (Phi) is 17.8. The number of nitrogens with two attached hydrogens (primary N) is 1. The van der Waals surface area contributed by atoms with Crippen molar-refractivity contribution in [1.82, 2.24) is 10.6 Å². The summed E-state index contributed by atoms with van der Waals surface area (Å²) in [4.78, 5) is 71.9. The molecule has 1 saturated carbocycles. The number of hydrogen-bond acceptors (Lipinski definition) is 13. The zero-order valence-corrected chi connectivity index (χ0v) is 29.9. The number of aliphatic carboxylic acids is 3. The van der Waals surface area contributed by atoms with Crippen molar-refractivity contribution in [3.05, 3.63) is 11.6 Å². The van der Waals surface area contributed by atoms with Gasteiger partial charge in [-0.05, 0) is 49.5 Å². The molecular weight excluding hydrogens is 694 g/mol. The molecule has 11 N–H and O–H groups in total. The molecule has 2 aliphatic rings. The van der Waals surface area contributed by atoms with Gasteiger partial charge in [-0.25, -0.2) is 0 Å². The molecule has 0 unspecified atom stereocenters. The molecule has 0 heterocycles. The van der Waals surface area contributed by atoms with Crippen LogP contribution in [0.25, 0.3) is 0 Å². The predicted octanol–water partition coefficient (Wildman–Crippen LogP) is -0.775. The molecule has 12 atom stereocenters. The lowest BCUT2D eigenvalue weighted by atomic mass is 9.62. The van der Waals surface area contributed by atoms with Crippen LogP contribution in [-0.4, -0.2) is 132 Å². The Balaban J connectivity index is 2.39. The van der Waals surface area contributed by atoms with E-state index >= 15 is 0 Å². The highest BCUT2D eigenvalue weighted by atomic mass is 32.2. The normalized spacial score (nSPS) is 27.4. The molecule has 290 valence electrons. The largest absolute Gasteiger partial charge is 0.481 e. The molecule has 0 spiro atoms. The lowest BCUT2D eigenvalue weighted by Crippen LogP contribution is -2.54. The Labute approximate surface area is 300 Å². The minimum absolute atomic E-state index is 0.0572. The number of hydrogen-bond donors (Lipinski definition) is 10. The average molecular weight is 748 g/mol. The number of carboxylic acids is 3. The Morgan fingerprint density at radius 3 is 2.29 bits per heavy atom. The molecule has 0 aromatic heterocycles. The summed E-state index contributed by atoms with van der Waals surface area (Å²) in [6, 6.07) is -2.64. The first kappa shape index (κ1) is 43.9. The van der Waals surface area contributed by atoms with E-state index in [-0.39, 0.29) is 44.3 Å². The van der Waals surface area contributed by atoms with E-state index < -0.39 is 120 Å². The van der Waals surface area contributed by atoms with Gasteiger partial charge < -0.3 is 56.8 Å². The molecule has 0 aromatic carbocycles. The molecule has 2 amide bonds. The minimum atomic E-state index is -1.33. The third-order valence-electron chi connectivity index (χ3n) is 9.54. The molecule has 51 heavy (non-hydrogen) atoms. The van der Waals surface area contributed by atoms with E-state index in [9.17, 15) is 49.2 Å². The number of nitrogens with one attached hydrogen (secondary N) is 2. The maximum atomic E-state index is 13.0. The number of fused-ring (bicyclic) bond motifs is 1. The topological polar surface area (TPSA) is 303 Å². The van der Waals surface area contributed by atoms with Crippen LogP contribution in [0, 0.1) is 23.7 Å². The highest BCUT2D eigenvalue weighted by molar-refractivity contribution is 8.00. The van der Waals surface area contributed by atoms with E-state index in [1.807, 2.05) is 6.92 Å². The van der Waals surface area contributed by atoms with Gasteiger partial charge in [0.15, 0.2) is 0 Å². The van der Waals surface area contributed by atoms with Gasteiger partial charge in [0.2, 0.25) is 11.8 Å². The summed E-state index contributed by atoms with van der Waals surface area (Å²) in [6.45, 7) is 4.56. The van der Waals surface area contributed by atoms with Crippen molar-refractivity contribution in [3.63, 3.8) is 0 Å². The van der Waals surface area contributed by atoms with Crippen molar-refractivity contribution in [1.29, 1.82) is 0 Å². The van der Waals surface area contributed by atoms with Crippen LogP contribution in [-0.2, 0) is 33.5 Å². The van der Waals surface area contributed by atoms with Crippen molar-refractivity contribution in [2.45, 2.75) is 120 Å². The van der Waals surface area contributed by atoms with Crippen molar-refractivity contribution >= 4 is 47.5 Å². The summed E-state index contributed by atoms with van der Waals surface area (Å²) in [5, 5.41) is 74.3. The quantitative estimate of drug-likeness (QED) is 0.0509. The molecule has 0 radical (unpaired) electrons. The van der Waals surface area contributed by atoms with Crippen molar-refractivity contribution in [2.24, 2.45) is 29.4 Å². The highest BCUT2D eigenvalue weighted by Crippen LogP contribution is 2.50. The van der Waals surface area contributed by atoms with Gasteiger partial charge in [-0.1, -0.05) is 26.8 Å². The lowest BCUT2D eigenvalue weighted by molar-refractivity contribution is -0.161. The van der Waals surface area contributed by atoms with Crippen LogP contribution < -0.4 is 16.4 Å². The van der Waals surface area contributed by atoms with Gasteiger partial charge in [-0.2, -0.15) is 0 Å². The Morgan fingerprint density at radius 2 is 1.71 bits per heavy atom. The Hall–Kier alpha value is -3.29. The van der Waals surface area contributed by atoms with Crippen molar-refractivity contribution in [2.75, 3.05) is 12.3 Å². The maximum absolute atomic E-state index is 13.0. The fourth-order valence-corrected chi connectivity index (χ4v) is 8.01. The van der Waals surface area contributed by atoms with E-state index in [0.29, 0.717) is 12.0 Å². The van der Waals surface area contributed by atoms with Gasteiger partial charge in [-0.15, -0.1) is 11.8 Å². The summed E-state index contributed by atoms with van der Waals surface area (Å²) in [5.41, 5.74) is 6.02. The Morgan fingerprint density at radius 1 is 1.04 bits per heavy atom. The first-order valence-corrected chi connectivity index (χ1v) is 18.2. The third-order valence-corrected chi connectivity index (χ3v) is 11.0. The van der Waals surface area contributed by atoms with E-state index in [2.05, 4.69) is 10.6 Å². The number of aliphatic hydroxyl groups excluding tert-OH is 4. The standard InChI is InChI=1S/C33H53N3O14S/c1-4-15(2)33(49)50-24-11-19(39)10-21-28(24)20(6-5-17(37)9-18(38)12-26(41)42)16(3)29(45)30(21)51-14-23(31(46)35-13-27(43)44)36-25(40)8-7-22(34)32(47)48/h10,15-20,22-24,28-30,37-39,45H,4-9,11-14,34H2,1-3H3,(H,35,46)(H,36,40)(H,41,42)(H,43,44)(H,47,48)/t15-,16+,17+,18+,19+,20-,22-,23-,24-,28+,29-,30-/m0/s1. The monoisotopic (exact) mass is 747 g/mol. The van der Waals surface area contributed by atoms with E-state index in [1.54, 1.807) is 19.9 Å². The first-order valence-electron chi connectivity index (χ1n) is 17.1. The van der Waals surface area contributed by atoms with Gasteiger partial charge in [0.1, 0.15) is 24.7 Å². The van der Waals surface area contributed by atoms with E-state index in [4.69, 9.17) is 25.8 Å². The van der Waals surface area contributed by atoms with Crippen LogP contribution in [0.4, 0.5) is 0 Å². The van der Waals surface area contributed by atoms with Crippen LogP contribution >= 0.6 is 11.8 Å². The van der Waals surface area contributed by atoms with Gasteiger partial charge in [0, 0.05) is 24.5 Å². The summed E-state index contributed by atoms with van der Waals surface area (Å²) in [6.07, 6.45) is -4.12. The predicted molar refractivity (Wildman–Crippen MR) is 182 cm³/mol. The molecule has 0 saturated heterocycles. The third kappa shape index (κ3) is 13.6. The fourth-order valence-electron chi connectivity index (χ4n) is 6.50. The zero-order chi connectivity index (χ0) is 38.6. The number of amides is 2. The van der Waals surface area contributed by atoms with Gasteiger partial charge in [-0.3, -0.25) is 28.8 Å². The SMILES string of the molecule is CC[C@H](C)C(=O)O[C@H]1C[C@H](O)C=C2[C@H]1[C@@H](CC[C@@H](O)C[C@@H](O)CC(=O)O)[C@@H](C)[C@H](O)[C@H]2SC[C@H](NC(=O)CC[C@H](N)C(=O)O)C(=O)NCC(=O)O. The molecule has 0 bridgehead atoms. The molecule has 2 rings (SSSR count). The van der Waals surface area contributed by atoms with Crippen LogP contribution in [0.5, 0.6) is 0 Å². The highest BCUT2D eigenvalue weighted by Gasteiger charge is 2.51. The van der Waals surface area contributed by atoms with E-state index in [0.717, 1.165) is 11.8 Å². The molecule has 18 heteroatoms. The fraction of sp³-hybridized carbons (Fsp3) is 0.758. The van der Waals surface area contributed by atoms with Crippen LogP contribution in [0.3, 0.4) is 0 Å². The van der Waals surface area contributed by atoms with Gasteiger partial charge in [0.25, 0.3) is 0 Å². The summed E-state index contributed by atoms with van der Waals surface area (Å²) in [5.74, 6) is -8.00. The number of ether oxygens (including phenoxy) is 1. The number of carboxylic acid groups (broad SMARTS) is 3. The number of aliphatic hydroxyl groups is 4. The molecular formula is C33H53N3O14S. The van der Waals surface area contributed by atoms with Crippen molar-refractivity contribution < 1.29 is 69.2 Å². The number of esters is 1. The molecule has 1 fully saturated rings. The average Bonchev–Trinajstić information content (AvgIpc) is 3.04. The smallest absolute Gasteiger partial charge is 0.322 e. The number of carbonyl (C=O) groups excluding carboxylic acids is 3.